The molecule has 90 valence electrons. The van der Waals surface area contributed by atoms with Crippen LogP contribution in [-0.4, -0.2) is 20.7 Å². The molecule has 2 aromatic heterocycles. The fraction of sp³-hybridized carbons (Fsp3) is 0.300. The van der Waals surface area contributed by atoms with Crippen LogP contribution in [0.25, 0.3) is 0 Å². The summed E-state index contributed by atoms with van der Waals surface area (Å²) in [5.74, 6) is -0.193. The van der Waals surface area contributed by atoms with Crippen molar-refractivity contribution in [3.8, 4) is 0 Å². The number of anilines is 1. The summed E-state index contributed by atoms with van der Waals surface area (Å²) in [6.45, 7) is 2.00. The van der Waals surface area contributed by atoms with Crippen molar-refractivity contribution in [2.45, 2.75) is 13.3 Å². The van der Waals surface area contributed by atoms with Gasteiger partial charge in [-0.05, 0) is 28.4 Å². The summed E-state index contributed by atoms with van der Waals surface area (Å²) in [6, 6.07) is 1.79. The zero-order valence-electron chi connectivity index (χ0n) is 9.40. The highest BCUT2D eigenvalue weighted by Gasteiger charge is 2.14. The monoisotopic (exact) mass is 314 g/mol. The normalized spacial score (nSPS) is 10.5. The van der Waals surface area contributed by atoms with Crippen LogP contribution in [0, 0.1) is 0 Å². The Balaban J connectivity index is 2.16. The second-order valence-corrected chi connectivity index (χ2v) is 5.83. The first-order valence-corrected chi connectivity index (χ1v) is 6.66. The Morgan fingerprint density at radius 3 is 2.94 bits per heavy atom. The first kappa shape index (κ1) is 12.3. The second-order valence-electron chi connectivity index (χ2n) is 3.42. The van der Waals surface area contributed by atoms with E-state index in [4.69, 9.17) is 0 Å². The lowest BCUT2D eigenvalue weighted by Crippen LogP contribution is -2.15. The van der Waals surface area contributed by atoms with E-state index in [0.717, 1.165) is 15.9 Å². The zero-order valence-corrected chi connectivity index (χ0v) is 11.8. The Hall–Kier alpha value is -1.21. The van der Waals surface area contributed by atoms with Gasteiger partial charge in [-0.3, -0.25) is 14.8 Å². The van der Waals surface area contributed by atoms with Gasteiger partial charge in [0, 0.05) is 7.05 Å². The number of hydrogen-bond donors (Lipinski definition) is 1. The smallest absolute Gasteiger partial charge is 0.275 e. The molecule has 0 aliphatic carbocycles. The number of aromatic nitrogens is 3. The number of halogens is 1. The fourth-order valence-corrected chi connectivity index (χ4v) is 2.49. The first-order valence-electron chi connectivity index (χ1n) is 5.05. The van der Waals surface area contributed by atoms with Crippen molar-refractivity contribution in [1.82, 2.24) is 14.8 Å². The van der Waals surface area contributed by atoms with Crippen LogP contribution in [0.15, 0.2) is 16.0 Å². The number of carbonyl (C=O) groups is 1. The van der Waals surface area contributed by atoms with Gasteiger partial charge in [-0.1, -0.05) is 18.3 Å². The number of hydrogen-bond acceptors (Lipinski definition) is 4. The van der Waals surface area contributed by atoms with Gasteiger partial charge in [0.15, 0.2) is 5.13 Å². The molecule has 0 aromatic carbocycles. The minimum absolute atomic E-state index is 0.193. The summed E-state index contributed by atoms with van der Waals surface area (Å²) in [7, 11) is 1.76. The van der Waals surface area contributed by atoms with Crippen molar-refractivity contribution in [3.63, 3.8) is 0 Å². The number of nitrogens with one attached hydrogen (secondary N) is 1. The summed E-state index contributed by atoms with van der Waals surface area (Å²) < 4.78 is 2.46. The Bertz CT molecular complexity index is 548. The van der Waals surface area contributed by atoms with E-state index in [0.29, 0.717) is 10.8 Å². The van der Waals surface area contributed by atoms with E-state index in [1.165, 1.54) is 11.3 Å². The standard InChI is InChI=1S/C10H11BrN4OS/c1-3-6-4-7(15(2)14-6)9(16)13-10-12-5-8(11)17-10/h4-5H,3H2,1-2H3,(H,12,13,16). The van der Waals surface area contributed by atoms with Crippen molar-refractivity contribution in [2.75, 3.05) is 5.32 Å². The molecule has 0 saturated carbocycles. The van der Waals surface area contributed by atoms with E-state index < -0.39 is 0 Å². The average molecular weight is 315 g/mol. The Labute approximate surface area is 111 Å². The van der Waals surface area contributed by atoms with E-state index in [-0.39, 0.29) is 5.91 Å². The van der Waals surface area contributed by atoms with E-state index >= 15 is 0 Å². The Morgan fingerprint density at radius 1 is 1.65 bits per heavy atom. The summed E-state index contributed by atoms with van der Waals surface area (Å²) in [4.78, 5) is 16.0. The molecule has 17 heavy (non-hydrogen) atoms. The highest BCUT2D eigenvalue weighted by atomic mass is 79.9. The highest BCUT2D eigenvalue weighted by Crippen LogP contribution is 2.23. The first-order chi connectivity index (χ1) is 8.10. The minimum atomic E-state index is -0.193. The van der Waals surface area contributed by atoms with Crippen LogP contribution in [0.3, 0.4) is 0 Å². The van der Waals surface area contributed by atoms with Gasteiger partial charge >= 0.3 is 0 Å². The quantitative estimate of drug-likeness (QED) is 0.946. The number of nitrogens with zero attached hydrogens (tertiary/aromatic N) is 3. The van der Waals surface area contributed by atoms with E-state index in [1.54, 1.807) is 24.0 Å². The average Bonchev–Trinajstić information content (AvgIpc) is 2.85. The SMILES string of the molecule is CCc1cc(C(=O)Nc2ncc(Br)s2)n(C)n1. The van der Waals surface area contributed by atoms with Crippen LogP contribution in [-0.2, 0) is 13.5 Å². The maximum absolute atomic E-state index is 12.0. The third-order valence-electron chi connectivity index (χ3n) is 2.22. The molecule has 1 N–H and O–H groups in total. The molecule has 0 fully saturated rings. The van der Waals surface area contributed by atoms with Crippen LogP contribution < -0.4 is 5.32 Å². The minimum Gasteiger partial charge on any atom is -0.296 e. The number of amides is 1. The molecule has 0 atom stereocenters. The lowest BCUT2D eigenvalue weighted by atomic mass is 10.3. The number of thiazole rings is 1. The molecule has 0 unspecified atom stereocenters. The van der Waals surface area contributed by atoms with E-state index in [1.807, 2.05) is 6.92 Å². The summed E-state index contributed by atoms with van der Waals surface area (Å²) in [6.07, 6.45) is 2.46. The molecule has 0 saturated heterocycles. The number of carbonyl (C=O) groups excluding carboxylic acids is 1. The van der Waals surface area contributed by atoms with Crippen LogP contribution in [0.1, 0.15) is 23.1 Å². The van der Waals surface area contributed by atoms with Gasteiger partial charge in [0.2, 0.25) is 0 Å². The second kappa shape index (κ2) is 4.97. The molecular formula is C10H11BrN4OS. The zero-order chi connectivity index (χ0) is 12.4. The number of aryl methyl sites for hydroxylation is 2. The van der Waals surface area contributed by atoms with Crippen molar-refractivity contribution >= 4 is 38.3 Å². The molecule has 2 aromatic rings. The Morgan fingerprint density at radius 2 is 2.41 bits per heavy atom. The third-order valence-corrected chi connectivity index (χ3v) is 3.61. The lowest BCUT2D eigenvalue weighted by molar-refractivity contribution is 0.101. The molecule has 2 rings (SSSR count). The fourth-order valence-electron chi connectivity index (χ4n) is 1.39. The molecule has 1 amide bonds. The molecular weight excluding hydrogens is 304 g/mol. The third kappa shape index (κ3) is 2.73. The molecule has 2 heterocycles. The van der Waals surface area contributed by atoms with Gasteiger partial charge in [-0.15, -0.1) is 0 Å². The predicted molar refractivity (Wildman–Crippen MR) is 70.4 cm³/mol. The van der Waals surface area contributed by atoms with Gasteiger partial charge in [0.05, 0.1) is 15.7 Å². The van der Waals surface area contributed by atoms with Crippen molar-refractivity contribution in [1.29, 1.82) is 0 Å². The van der Waals surface area contributed by atoms with Gasteiger partial charge in [-0.25, -0.2) is 4.98 Å². The van der Waals surface area contributed by atoms with Crippen molar-refractivity contribution < 1.29 is 4.79 Å². The van der Waals surface area contributed by atoms with E-state index in [2.05, 4.69) is 31.3 Å². The summed E-state index contributed by atoms with van der Waals surface area (Å²) in [5.41, 5.74) is 1.44. The van der Waals surface area contributed by atoms with Crippen LogP contribution in [0.2, 0.25) is 0 Å². The van der Waals surface area contributed by atoms with Gasteiger partial charge in [0.1, 0.15) is 5.69 Å². The molecule has 0 aliphatic rings. The van der Waals surface area contributed by atoms with Gasteiger partial charge in [0.25, 0.3) is 5.91 Å². The van der Waals surface area contributed by atoms with Crippen LogP contribution >= 0.6 is 27.3 Å². The topological polar surface area (TPSA) is 59.8 Å². The van der Waals surface area contributed by atoms with Crippen molar-refractivity contribution in [3.05, 3.63) is 27.4 Å². The maximum atomic E-state index is 12.0. The Kier molecular flexibility index (Phi) is 3.58. The molecule has 0 spiro atoms. The largest absolute Gasteiger partial charge is 0.296 e. The van der Waals surface area contributed by atoms with Crippen LogP contribution in [0.5, 0.6) is 0 Å². The van der Waals surface area contributed by atoms with Gasteiger partial charge < -0.3 is 0 Å². The lowest BCUT2D eigenvalue weighted by Gasteiger charge is -2.00. The summed E-state index contributed by atoms with van der Waals surface area (Å²) >= 11 is 4.67. The highest BCUT2D eigenvalue weighted by molar-refractivity contribution is 9.11. The van der Waals surface area contributed by atoms with Gasteiger partial charge in [-0.2, -0.15) is 5.10 Å². The van der Waals surface area contributed by atoms with Crippen LogP contribution in [0.4, 0.5) is 5.13 Å². The predicted octanol–water partition coefficient (Wildman–Crippen LogP) is 2.45. The van der Waals surface area contributed by atoms with E-state index in [9.17, 15) is 4.79 Å². The van der Waals surface area contributed by atoms with Crippen molar-refractivity contribution in [2.24, 2.45) is 7.05 Å². The molecule has 5 nitrogen and oxygen atoms in total. The molecule has 7 heteroatoms. The number of rotatable bonds is 3. The molecule has 0 bridgehead atoms. The summed E-state index contributed by atoms with van der Waals surface area (Å²) in [5, 5.41) is 7.53. The molecule has 0 radical (unpaired) electrons. The maximum Gasteiger partial charge on any atom is 0.275 e. The molecule has 0 aliphatic heterocycles.